The normalized spacial score (nSPS) is 22.2. The number of alkyl halides is 3. The molecule has 0 saturated carbocycles. The van der Waals surface area contributed by atoms with Crippen LogP contribution in [0.4, 0.5) is 32.2 Å². The van der Waals surface area contributed by atoms with Gasteiger partial charge in [-0.3, -0.25) is 0 Å². The van der Waals surface area contributed by atoms with Crippen LogP contribution in [0, 0.1) is 29.4 Å². The molecule has 1 N–H and O–H groups in total. The number of ether oxygens (including phenoxy) is 2. The molecule has 1 aromatic heterocycles. The first-order valence-electron chi connectivity index (χ1n) is 16.2. The molecule has 4 aromatic rings. The molecule has 6 rings (SSSR count). The fourth-order valence-electron chi connectivity index (χ4n) is 7.16. The van der Waals surface area contributed by atoms with Gasteiger partial charge < -0.3 is 24.4 Å². The van der Waals surface area contributed by atoms with Crippen molar-refractivity contribution in [3.05, 3.63) is 64.5 Å². The number of esters is 1. The van der Waals surface area contributed by atoms with Gasteiger partial charge in [-0.15, -0.1) is 6.42 Å². The third-order valence-corrected chi connectivity index (χ3v) is 9.94. The Bertz CT molecular complexity index is 2170. The van der Waals surface area contributed by atoms with Crippen molar-refractivity contribution < 1.29 is 45.7 Å². The maximum absolute atomic E-state index is 17.1. The summed E-state index contributed by atoms with van der Waals surface area (Å²) in [6, 6.07) is 6.02. The second-order valence-corrected chi connectivity index (χ2v) is 14.2. The molecule has 274 valence electrons. The zero-order chi connectivity index (χ0) is 37.7. The molecule has 3 heterocycles. The van der Waals surface area contributed by atoms with Crippen LogP contribution in [0.3, 0.4) is 0 Å². The van der Waals surface area contributed by atoms with E-state index in [0.717, 1.165) is 6.07 Å². The standard InChI is InChI=1S/C37H33ClF6N4O4/c1-5-23-27(40)8-7-20-13-22(49)14-24(28(20)23)29-26(38)15-25-31(30(29)41)45-34(51-19-35(2)17-47(4)12-9-21(35)16-39)46-32(25)48-11-6-10-36(3,18-48)52-33(50)37(42,43)44/h1,7-8,13-16,49H,6,9-12,17-19H2,2-4H3/b21-16+/t35-,36+/m0/s1. The SMILES string of the molecule is C#Cc1c(F)ccc2cc(O)cc(-c3c(Cl)cc4c(N5CCC[C@@](C)(OC(=O)C(F)(F)F)C5)nc(OC[C@]5(C)CN(C)CC/C5=C\F)nc4c3F)c12. The number of fused-ring (bicyclic) bond motifs is 2. The van der Waals surface area contributed by atoms with E-state index in [-0.39, 0.29) is 88.1 Å². The van der Waals surface area contributed by atoms with Crippen LogP contribution in [0.1, 0.15) is 38.7 Å². The Balaban J connectivity index is 1.53. The maximum Gasteiger partial charge on any atom is 0.490 e. The fraction of sp³-hybridized carbons (Fsp3) is 0.378. The molecular weight excluding hydrogens is 714 g/mol. The van der Waals surface area contributed by atoms with E-state index in [1.807, 2.05) is 11.9 Å². The number of phenols is 1. The molecule has 52 heavy (non-hydrogen) atoms. The van der Waals surface area contributed by atoms with Crippen LogP contribution in [0.5, 0.6) is 11.8 Å². The number of benzene rings is 3. The zero-order valence-electron chi connectivity index (χ0n) is 28.3. The number of aromatic nitrogens is 2. The van der Waals surface area contributed by atoms with E-state index in [1.165, 1.54) is 36.1 Å². The van der Waals surface area contributed by atoms with Crippen LogP contribution in [0.25, 0.3) is 32.8 Å². The van der Waals surface area contributed by atoms with Gasteiger partial charge in [-0.1, -0.05) is 30.5 Å². The molecule has 2 atom stereocenters. The van der Waals surface area contributed by atoms with Gasteiger partial charge in [-0.25, -0.2) is 18.0 Å². The first-order valence-corrected chi connectivity index (χ1v) is 16.6. The van der Waals surface area contributed by atoms with Crippen molar-refractivity contribution in [3.63, 3.8) is 0 Å². The van der Waals surface area contributed by atoms with Crippen molar-refractivity contribution in [1.82, 2.24) is 14.9 Å². The van der Waals surface area contributed by atoms with E-state index in [1.54, 1.807) is 6.92 Å². The van der Waals surface area contributed by atoms with Crippen molar-refractivity contribution in [1.29, 1.82) is 0 Å². The van der Waals surface area contributed by atoms with Crippen LogP contribution in [0.2, 0.25) is 5.02 Å². The zero-order valence-corrected chi connectivity index (χ0v) is 29.1. The highest BCUT2D eigenvalue weighted by atomic mass is 35.5. The van der Waals surface area contributed by atoms with Gasteiger partial charge in [0.25, 0.3) is 0 Å². The molecule has 0 radical (unpaired) electrons. The minimum Gasteiger partial charge on any atom is -0.508 e. The summed E-state index contributed by atoms with van der Waals surface area (Å²) in [5.74, 6) is -2.12. The number of piperidine rings is 2. The number of hydrogen-bond acceptors (Lipinski definition) is 8. The van der Waals surface area contributed by atoms with E-state index in [9.17, 15) is 31.9 Å². The van der Waals surface area contributed by atoms with Gasteiger partial charge in [0, 0.05) is 41.4 Å². The number of rotatable bonds is 6. The lowest BCUT2D eigenvalue weighted by Crippen LogP contribution is -2.51. The largest absolute Gasteiger partial charge is 0.508 e. The number of hydrogen-bond donors (Lipinski definition) is 1. The van der Waals surface area contributed by atoms with Crippen molar-refractivity contribution in [2.24, 2.45) is 5.41 Å². The Labute approximate surface area is 300 Å². The number of terminal acetylenes is 1. The first-order chi connectivity index (χ1) is 24.5. The molecular formula is C37H33ClF6N4O4. The summed E-state index contributed by atoms with van der Waals surface area (Å²) in [5, 5.41) is 10.8. The quantitative estimate of drug-likeness (QED) is 0.120. The monoisotopic (exact) mass is 746 g/mol. The summed E-state index contributed by atoms with van der Waals surface area (Å²) >= 11 is 6.77. The van der Waals surface area contributed by atoms with Crippen molar-refractivity contribution in [2.75, 3.05) is 44.7 Å². The number of nitrogens with zero attached hydrogens (tertiary/aromatic N) is 4. The van der Waals surface area contributed by atoms with Crippen molar-refractivity contribution in [3.8, 4) is 35.2 Å². The number of aromatic hydroxyl groups is 1. The number of phenolic OH excluding ortho intramolecular Hbond substituents is 1. The summed E-state index contributed by atoms with van der Waals surface area (Å²) in [5.41, 5.74) is -2.77. The number of likely N-dealkylation sites (tertiary alicyclic amines) is 1. The van der Waals surface area contributed by atoms with Gasteiger partial charge in [0.05, 0.1) is 23.5 Å². The highest BCUT2D eigenvalue weighted by Gasteiger charge is 2.46. The van der Waals surface area contributed by atoms with Crippen LogP contribution in [0.15, 0.2) is 42.2 Å². The summed E-state index contributed by atoms with van der Waals surface area (Å²) in [6.07, 6.45) is 1.77. The third kappa shape index (κ3) is 6.91. The molecule has 2 aliphatic rings. The molecule has 0 unspecified atom stereocenters. The predicted molar refractivity (Wildman–Crippen MR) is 184 cm³/mol. The molecule has 8 nitrogen and oxygen atoms in total. The molecule has 0 amide bonds. The van der Waals surface area contributed by atoms with Gasteiger partial charge in [0.1, 0.15) is 35.1 Å². The molecule has 0 bridgehead atoms. The van der Waals surface area contributed by atoms with E-state index in [2.05, 4.69) is 15.9 Å². The second-order valence-electron chi connectivity index (χ2n) is 13.8. The summed E-state index contributed by atoms with van der Waals surface area (Å²) in [4.78, 5) is 24.3. The predicted octanol–water partition coefficient (Wildman–Crippen LogP) is 8.11. The molecule has 2 fully saturated rings. The Hall–Kier alpha value is -4.74. The van der Waals surface area contributed by atoms with Crippen molar-refractivity contribution >= 4 is 45.1 Å². The van der Waals surface area contributed by atoms with Crippen LogP contribution < -0.4 is 9.64 Å². The van der Waals surface area contributed by atoms with E-state index < -0.39 is 34.8 Å². The van der Waals surface area contributed by atoms with E-state index in [4.69, 9.17) is 27.5 Å². The Morgan fingerprint density at radius 2 is 1.90 bits per heavy atom. The third-order valence-electron chi connectivity index (χ3n) is 9.65. The van der Waals surface area contributed by atoms with Crippen LogP contribution >= 0.6 is 11.6 Å². The lowest BCUT2D eigenvalue weighted by Gasteiger charge is -2.41. The first kappa shape index (κ1) is 37.0. The summed E-state index contributed by atoms with van der Waals surface area (Å²) in [7, 11) is 1.88. The summed E-state index contributed by atoms with van der Waals surface area (Å²) < 4.78 is 96.6. The molecule has 15 heteroatoms. The van der Waals surface area contributed by atoms with Gasteiger partial charge in [-0.05, 0) is 74.0 Å². The molecule has 0 spiro atoms. The number of halogens is 7. The number of carbonyl (C=O) groups is 1. The van der Waals surface area contributed by atoms with Gasteiger partial charge in [0.15, 0.2) is 5.82 Å². The smallest absolute Gasteiger partial charge is 0.490 e. The topological polar surface area (TPSA) is 88.0 Å². The van der Waals surface area contributed by atoms with Gasteiger partial charge in [-0.2, -0.15) is 23.1 Å². The van der Waals surface area contributed by atoms with Crippen LogP contribution in [-0.2, 0) is 9.53 Å². The minimum atomic E-state index is -5.23. The molecule has 2 aliphatic heterocycles. The fourth-order valence-corrected chi connectivity index (χ4v) is 7.46. The average molecular weight is 747 g/mol. The maximum atomic E-state index is 17.1. The van der Waals surface area contributed by atoms with Gasteiger partial charge >= 0.3 is 18.2 Å². The Morgan fingerprint density at radius 3 is 2.60 bits per heavy atom. The highest BCUT2D eigenvalue weighted by molar-refractivity contribution is 6.35. The Kier molecular flexibility index (Phi) is 9.73. The highest BCUT2D eigenvalue weighted by Crippen LogP contribution is 2.45. The van der Waals surface area contributed by atoms with E-state index >= 15 is 4.39 Å². The Morgan fingerprint density at radius 1 is 1.15 bits per heavy atom. The minimum absolute atomic E-state index is 0.0182. The molecule has 2 saturated heterocycles. The molecule has 0 aliphatic carbocycles. The van der Waals surface area contributed by atoms with Gasteiger partial charge in [0.2, 0.25) is 0 Å². The number of carbonyl (C=O) groups excluding carboxylic acids is 1. The summed E-state index contributed by atoms with van der Waals surface area (Å²) in [6.45, 7) is 4.03. The number of anilines is 1. The average Bonchev–Trinajstić information content (AvgIpc) is 3.07. The second kappa shape index (κ2) is 13.7. The van der Waals surface area contributed by atoms with Crippen LogP contribution in [-0.4, -0.2) is 77.6 Å². The lowest BCUT2D eigenvalue weighted by molar-refractivity contribution is -0.213. The van der Waals surface area contributed by atoms with Crippen molar-refractivity contribution in [2.45, 2.75) is 44.9 Å². The van der Waals surface area contributed by atoms with E-state index in [0.29, 0.717) is 36.8 Å². The lowest BCUT2D eigenvalue weighted by atomic mass is 9.78. The molecule has 3 aromatic carbocycles.